The summed E-state index contributed by atoms with van der Waals surface area (Å²) >= 11 is 0. The van der Waals surface area contributed by atoms with Crippen LogP contribution in [-0.4, -0.2) is 26.1 Å². The van der Waals surface area contributed by atoms with Gasteiger partial charge in [-0.1, -0.05) is 6.07 Å². The first-order valence-corrected chi connectivity index (χ1v) is 6.86. The second kappa shape index (κ2) is 5.78. The Morgan fingerprint density at radius 2 is 2.19 bits per heavy atom. The molecule has 3 aromatic heterocycles. The molecule has 0 saturated carbocycles. The van der Waals surface area contributed by atoms with Gasteiger partial charge in [-0.15, -0.1) is 0 Å². The summed E-state index contributed by atoms with van der Waals surface area (Å²) in [4.78, 5) is 12.9. The van der Waals surface area contributed by atoms with Gasteiger partial charge in [-0.3, -0.25) is 4.98 Å². The molecule has 0 fully saturated rings. The fourth-order valence-corrected chi connectivity index (χ4v) is 2.21. The van der Waals surface area contributed by atoms with E-state index >= 15 is 0 Å². The summed E-state index contributed by atoms with van der Waals surface area (Å²) in [7, 11) is 1.98. The quantitative estimate of drug-likeness (QED) is 0.778. The Balaban J connectivity index is 1.82. The molecule has 0 spiro atoms. The average molecular weight is 283 g/mol. The van der Waals surface area contributed by atoms with Crippen LogP contribution in [0.2, 0.25) is 0 Å². The van der Waals surface area contributed by atoms with E-state index in [9.17, 15) is 0 Å². The third-order valence-corrected chi connectivity index (χ3v) is 3.25. The van der Waals surface area contributed by atoms with E-state index in [0.29, 0.717) is 19.0 Å². The normalized spacial score (nSPS) is 10.8. The third-order valence-electron chi connectivity index (χ3n) is 3.25. The molecule has 0 atom stereocenters. The summed E-state index contributed by atoms with van der Waals surface area (Å²) in [5.74, 6) is 1.46. The zero-order valence-corrected chi connectivity index (χ0v) is 12.1. The number of nitrogens with zero attached hydrogens (tertiary/aromatic N) is 4. The Labute approximate surface area is 122 Å². The molecule has 3 aromatic rings. The molecule has 1 N–H and O–H groups in total. The topological polar surface area (TPSA) is 64.9 Å². The molecule has 0 bridgehead atoms. The van der Waals surface area contributed by atoms with Crippen LogP contribution in [0.3, 0.4) is 0 Å². The largest absolute Gasteiger partial charge is 0.478 e. The first-order valence-electron chi connectivity index (χ1n) is 6.86. The van der Waals surface area contributed by atoms with Crippen molar-refractivity contribution in [1.82, 2.24) is 19.5 Å². The summed E-state index contributed by atoms with van der Waals surface area (Å²) in [6.45, 7) is 3.15. The molecule has 0 radical (unpaired) electrons. The van der Waals surface area contributed by atoms with Crippen LogP contribution in [0.1, 0.15) is 12.5 Å². The van der Waals surface area contributed by atoms with Crippen LogP contribution in [0.4, 0.5) is 5.95 Å². The summed E-state index contributed by atoms with van der Waals surface area (Å²) in [5.41, 5.74) is 2.92. The number of aromatic nitrogens is 4. The van der Waals surface area contributed by atoms with Gasteiger partial charge in [0.15, 0.2) is 0 Å². The molecule has 108 valence electrons. The number of pyridine rings is 2. The van der Waals surface area contributed by atoms with Gasteiger partial charge in [-0.2, -0.15) is 0 Å². The lowest BCUT2D eigenvalue weighted by Gasteiger charge is -2.10. The second-order valence-electron chi connectivity index (χ2n) is 4.61. The molecule has 0 amide bonds. The lowest BCUT2D eigenvalue weighted by atomic mass is 10.2. The molecule has 0 aromatic carbocycles. The number of anilines is 1. The van der Waals surface area contributed by atoms with Gasteiger partial charge in [-0.25, -0.2) is 9.97 Å². The highest BCUT2D eigenvalue weighted by atomic mass is 16.5. The van der Waals surface area contributed by atoms with E-state index in [2.05, 4.69) is 20.3 Å². The monoisotopic (exact) mass is 283 g/mol. The van der Waals surface area contributed by atoms with E-state index in [1.54, 1.807) is 18.6 Å². The van der Waals surface area contributed by atoms with E-state index in [0.717, 1.165) is 22.5 Å². The highest BCUT2D eigenvalue weighted by molar-refractivity contribution is 5.77. The average Bonchev–Trinajstić information content (AvgIpc) is 2.84. The molecule has 0 aliphatic carbocycles. The van der Waals surface area contributed by atoms with Gasteiger partial charge in [0.1, 0.15) is 5.52 Å². The van der Waals surface area contributed by atoms with Crippen LogP contribution < -0.4 is 10.1 Å². The van der Waals surface area contributed by atoms with Crippen molar-refractivity contribution in [2.45, 2.75) is 13.5 Å². The Bertz CT molecular complexity index is 753. The fraction of sp³-hybridized carbons (Fsp3) is 0.267. The van der Waals surface area contributed by atoms with Crippen molar-refractivity contribution in [3.63, 3.8) is 0 Å². The summed E-state index contributed by atoms with van der Waals surface area (Å²) < 4.78 is 7.53. The van der Waals surface area contributed by atoms with Gasteiger partial charge in [0.2, 0.25) is 11.8 Å². The smallest absolute Gasteiger partial charge is 0.218 e. The van der Waals surface area contributed by atoms with Crippen molar-refractivity contribution >= 4 is 17.0 Å². The lowest BCUT2D eigenvalue weighted by molar-refractivity contribution is 0.323. The van der Waals surface area contributed by atoms with Gasteiger partial charge >= 0.3 is 0 Å². The van der Waals surface area contributed by atoms with E-state index in [-0.39, 0.29) is 0 Å². The molecule has 21 heavy (non-hydrogen) atoms. The number of hydrogen-bond donors (Lipinski definition) is 1. The van der Waals surface area contributed by atoms with Crippen LogP contribution in [0.5, 0.6) is 5.88 Å². The maximum Gasteiger partial charge on any atom is 0.218 e. The summed E-state index contributed by atoms with van der Waals surface area (Å²) in [6.07, 6.45) is 5.26. The van der Waals surface area contributed by atoms with Gasteiger partial charge < -0.3 is 14.6 Å². The van der Waals surface area contributed by atoms with E-state index in [4.69, 9.17) is 4.74 Å². The third kappa shape index (κ3) is 2.65. The Kier molecular flexibility index (Phi) is 3.68. The van der Waals surface area contributed by atoms with Crippen LogP contribution in [0, 0.1) is 0 Å². The van der Waals surface area contributed by atoms with Crippen LogP contribution in [0.15, 0.2) is 36.8 Å². The van der Waals surface area contributed by atoms with Gasteiger partial charge in [0.25, 0.3) is 0 Å². The van der Waals surface area contributed by atoms with Crippen molar-refractivity contribution in [1.29, 1.82) is 0 Å². The minimum atomic E-state index is 0.599. The van der Waals surface area contributed by atoms with Gasteiger partial charge in [0.05, 0.1) is 18.3 Å². The molecule has 0 saturated heterocycles. The zero-order valence-electron chi connectivity index (χ0n) is 12.1. The number of ether oxygens (including phenoxy) is 1. The molecule has 3 heterocycles. The molecule has 0 unspecified atom stereocenters. The first-order chi connectivity index (χ1) is 10.3. The lowest BCUT2D eigenvalue weighted by Crippen LogP contribution is -2.07. The summed E-state index contributed by atoms with van der Waals surface area (Å²) in [6, 6.07) is 5.84. The van der Waals surface area contributed by atoms with Crippen molar-refractivity contribution in [2.24, 2.45) is 7.05 Å². The molecular formula is C15H17N5O. The minimum absolute atomic E-state index is 0.599. The number of rotatable bonds is 5. The molecular weight excluding hydrogens is 266 g/mol. The van der Waals surface area contributed by atoms with Crippen molar-refractivity contribution in [3.05, 3.63) is 42.4 Å². The van der Waals surface area contributed by atoms with E-state index in [1.807, 2.05) is 36.7 Å². The van der Waals surface area contributed by atoms with Crippen molar-refractivity contribution in [3.8, 4) is 5.88 Å². The Hall–Kier alpha value is -2.63. The van der Waals surface area contributed by atoms with Gasteiger partial charge in [0, 0.05) is 31.5 Å². The highest BCUT2D eigenvalue weighted by Crippen LogP contribution is 2.19. The second-order valence-corrected chi connectivity index (χ2v) is 4.61. The molecule has 6 heteroatoms. The van der Waals surface area contributed by atoms with Crippen LogP contribution in [0.25, 0.3) is 11.0 Å². The minimum Gasteiger partial charge on any atom is -0.478 e. The first kappa shape index (κ1) is 13.4. The maximum atomic E-state index is 5.53. The molecule has 0 aliphatic heterocycles. The van der Waals surface area contributed by atoms with Gasteiger partial charge in [-0.05, 0) is 19.1 Å². The fourth-order valence-electron chi connectivity index (χ4n) is 2.21. The van der Waals surface area contributed by atoms with E-state index < -0.39 is 0 Å². The highest BCUT2D eigenvalue weighted by Gasteiger charge is 2.09. The van der Waals surface area contributed by atoms with Crippen LogP contribution >= 0.6 is 0 Å². The molecule has 3 rings (SSSR count). The predicted molar refractivity (Wildman–Crippen MR) is 81.2 cm³/mol. The number of aryl methyl sites for hydroxylation is 1. The molecule has 6 nitrogen and oxygen atoms in total. The molecule has 0 aliphatic rings. The predicted octanol–water partition coefficient (Wildman–Crippen LogP) is 2.37. The standard InChI is InChI=1S/C15H17N5O/c1-3-21-14-11(5-4-7-17-14)9-18-15-19-12-10-16-8-6-13(12)20(15)2/h4-8,10H,3,9H2,1-2H3,(H,18,19). The number of fused-ring (bicyclic) bond motifs is 1. The Morgan fingerprint density at radius 1 is 1.29 bits per heavy atom. The van der Waals surface area contributed by atoms with Crippen LogP contribution in [-0.2, 0) is 13.6 Å². The summed E-state index contributed by atoms with van der Waals surface area (Å²) in [5, 5.41) is 3.32. The van der Waals surface area contributed by atoms with Crippen molar-refractivity contribution in [2.75, 3.05) is 11.9 Å². The zero-order chi connectivity index (χ0) is 14.7. The number of nitrogens with one attached hydrogen (secondary N) is 1. The van der Waals surface area contributed by atoms with Crippen molar-refractivity contribution < 1.29 is 4.74 Å². The maximum absolute atomic E-state index is 5.53. The number of imidazole rings is 1. The SMILES string of the molecule is CCOc1ncccc1CNc1nc2cnccc2n1C. The van der Waals surface area contributed by atoms with E-state index in [1.165, 1.54) is 0 Å². The Morgan fingerprint density at radius 3 is 3.00 bits per heavy atom. The number of hydrogen-bond acceptors (Lipinski definition) is 5.